The van der Waals surface area contributed by atoms with Crippen LogP contribution >= 0.6 is 11.6 Å². The van der Waals surface area contributed by atoms with E-state index in [2.05, 4.69) is 33.4 Å². The first-order chi connectivity index (χ1) is 13.7. The van der Waals surface area contributed by atoms with Gasteiger partial charge in [-0.25, -0.2) is 0 Å². The van der Waals surface area contributed by atoms with Crippen LogP contribution in [-0.4, -0.2) is 26.4 Å². The maximum Gasteiger partial charge on any atom is 0.257 e. The predicted molar refractivity (Wildman–Crippen MR) is 109 cm³/mol. The van der Waals surface area contributed by atoms with Crippen molar-refractivity contribution in [2.24, 2.45) is 11.8 Å². The Hall–Kier alpha value is -2.40. The van der Waals surface area contributed by atoms with Gasteiger partial charge in [-0.15, -0.1) is 0 Å². The van der Waals surface area contributed by atoms with Crippen molar-refractivity contribution in [3.63, 3.8) is 0 Å². The number of ether oxygens (including phenoxy) is 1. The largest absolute Gasteiger partial charge is 0.475 e. The lowest BCUT2D eigenvalue weighted by molar-refractivity contribution is 0.178. The average Bonchev–Trinajstić information content (AvgIpc) is 3.06. The molecule has 1 N–H and O–H groups in total. The molecule has 0 aliphatic heterocycles. The van der Waals surface area contributed by atoms with Gasteiger partial charge in [-0.1, -0.05) is 31.4 Å². The molecule has 2 aromatic rings. The van der Waals surface area contributed by atoms with Crippen LogP contribution in [0.4, 0.5) is 16.0 Å². The number of hydrogen-bond donors (Lipinski definition) is 1. The van der Waals surface area contributed by atoms with Gasteiger partial charge in [0.2, 0.25) is 11.8 Å². The lowest BCUT2D eigenvalue weighted by Crippen LogP contribution is -2.24. The van der Waals surface area contributed by atoms with Crippen LogP contribution in [0, 0.1) is 35.9 Å². The molecule has 3 rings (SSSR count). The number of aromatic nitrogens is 4. The molecule has 0 radical (unpaired) electrons. The first kappa shape index (κ1) is 21.3. The number of nitriles is 1. The number of nitrogens with zero attached hydrogens (tertiary/aromatic N) is 5. The highest BCUT2D eigenvalue weighted by Crippen LogP contribution is 2.30. The smallest absolute Gasteiger partial charge is 0.257 e. The Balaban J connectivity index is 1.75. The third-order valence-electron chi connectivity index (χ3n) is 5.36. The van der Waals surface area contributed by atoms with Gasteiger partial charge in [0, 0.05) is 0 Å². The van der Waals surface area contributed by atoms with Crippen LogP contribution in [0.5, 0.6) is 5.88 Å². The van der Waals surface area contributed by atoms with E-state index in [-0.39, 0.29) is 17.0 Å². The molecule has 1 aliphatic rings. The van der Waals surface area contributed by atoms with Gasteiger partial charge in [0.25, 0.3) is 5.88 Å². The van der Waals surface area contributed by atoms with E-state index in [1.165, 1.54) is 0 Å². The molecule has 0 aromatic carbocycles. The second-order valence-corrected chi connectivity index (χ2v) is 8.62. The molecule has 2 aromatic heterocycles. The quantitative estimate of drug-likeness (QED) is 0.663. The molecule has 0 spiro atoms. The highest BCUT2D eigenvalue weighted by Gasteiger charge is 2.23. The molecule has 0 unspecified atom stereocenters. The average molecular weight is 421 g/mol. The summed E-state index contributed by atoms with van der Waals surface area (Å²) in [6, 6.07) is 2.19. The van der Waals surface area contributed by atoms with Crippen LogP contribution in [-0.2, 0) is 5.54 Å². The van der Waals surface area contributed by atoms with E-state index in [9.17, 15) is 9.65 Å². The fourth-order valence-electron chi connectivity index (χ4n) is 3.29. The molecule has 1 fully saturated rings. The second kappa shape index (κ2) is 8.54. The van der Waals surface area contributed by atoms with Gasteiger partial charge in [0.05, 0.1) is 30.3 Å². The van der Waals surface area contributed by atoms with Crippen molar-refractivity contribution < 1.29 is 9.13 Å². The molecule has 0 atom stereocenters. The molecule has 1 aliphatic carbocycles. The second-order valence-electron chi connectivity index (χ2n) is 8.26. The van der Waals surface area contributed by atoms with Crippen molar-refractivity contribution in [1.29, 1.82) is 5.26 Å². The van der Waals surface area contributed by atoms with E-state index >= 15 is 0 Å². The first-order valence-electron chi connectivity index (χ1n) is 9.80. The van der Waals surface area contributed by atoms with Crippen LogP contribution in [0.2, 0.25) is 5.15 Å². The fraction of sp³-hybridized carbons (Fsp3) is 0.600. The SMILES string of the molecule is Cc1nn(C(C)(C)C#N)cc1Nc1nc(Cl)c(F)c(OC[C@H]2CC[C@H](C)CC2)n1. The highest BCUT2D eigenvalue weighted by atomic mass is 35.5. The summed E-state index contributed by atoms with van der Waals surface area (Å²) in [5.74, 6) is 0.320. The summed E-state index contributed by atoms with van der Waals surface area (Å²) in [5.41, 5.74) is 0.442. The van der Waals surface area contributed by atoms with Gasteiger partial charge >= 0.3 is 0 Å². The first-order valence-corrected chi connectivity index (χ1v) is 10.2. The van der Waals surface area contributed by atoms with Crippen molar-refractivity contribution in [1.82, 2.24) is 19.7 Å². The molecular weight excluding hydrogens is 395 g/mol. The van der Waals surface area contributed by atoms with Crippen LogP contribution in [0.1, 0.15) is 52.1 Å². The minimum absolute atomic E-state index is 0.112. The van der Waals surface area contributed by atoms with Crippen LogP contribution < -0.4 is 10.1 Å². The van der Waals surface area contributed by atoms with Crippen LogP contribution in [0.15, 0.2) is 6.20 Å². The van der Waals surface area contributed by atoms with Crippen LogP contribution in [0.3, 0.4) is 0 Å². The van der Waals surface area contributed by atoms with Crippen LogP contribution in [0.25, 0.3) is 0 Å². The predicted octanol–water partition coefficient (Wildman–Crippen LogP) is 4.98. The van der Waals surface area contributed by atoms with Gasteiger partial charge in [-0.3, -0.25) is 4.68 Å². The van der Waals surface area contributed by atoms with Crippen molar-refractivity contribution >= 4 is 23.2 Å². The summed E-state index contributed by atoms with van der Waals surface area (Å²) in [6.07, 6.45) is 6.15. The monoisotopic (exact) mass is 420 g/mol. The Morgan fingerprint density at radius 2 is 2.03 bits per heavy atom. The Bertz CT molecular complexity index is 914. The van der Waals surface area contributed by atoms with Gasteiger partial charge in [0.1, 0.15) is 5.54 Å². The summed E-state index contributed by atoms with van der Waals surface area (Å²) in [7, 11) is 0. The van der Waals surface area contributed by atoms with Crippen molar-refractivity contribution in [2.45, 2.75) is 58.9 Å². The minimum atomic E-state index is -0.808. The maximum atomic E-state index is 14.4. The van der Waals surface area contributed by atoms with E-state index in [1.54, 1.807) is 31.6 Å². The summed E-state index contributed by atoms with van der Waals surface area (Å²) < 4.78 is 21.6. The molecule has 29 heavy (non-hydrogen) atoms. The topological polar surface area (TPSA) is 88.7 Å². The maximum absolute atomic E-state index is 14.4. The standard InChI is InChI=1S/C20H26ClFN6O/c1-12-5-7-14(8-6-12)10-29-18-16(22)17(21)25-19(26-18)24-15-9-28(27-13(15)2)20(3,4)11-23/h9,12,14H,5-8,10H2,1-4H3,(H,24,25,26)/t12-,14-. The number of rotatable bonds is 6. The molecule has 1 saturated carbocycles. The molecule has 156 valence electrons. The zero-order valence-electron chi connectivity index (χ0n) is 17.2. The zero-order valence-corrected chi connectivity index (χ0v) is 17.9. The molecule has 2 heterocycles. The van der Waals surface area contributed by atoms with Crippen molar-refractivity contribution in [2.75, 3.05) is 11.9 Å². The van der Waals surface area contributed by atoms with Gasteiger partial charge in [0.15, 0.2) is 5.15 Å². The van der Waals surface area contributed by atoms with E-state index < -0.39 is 11.4 Å². The molecule has 0 amide bonds. The minimum Gasteiger partial charge on any atom is -0.475 e. The lowest BCUT2D eigenvalue weighted by atomic mass is 9.83. The zero-order chi connectivity index (χ0) is 21.2. The summed E-state index contributed by atoms with van der Waals surface area (Å²) in [4.78, 5) is 8.11. The van der Waals surface area contributed by atoms with E-state index in [1.807, 2.05) is 0 Å². The van der Waals surface area contributed by atoms with E-state index in [0.29, 0.717) is 23.9 Å². The number of nitrogens with one attached hydrogen (secondary N) is 1. The summed E-state index contributed by atoms with van der Waals surface area (Å²) in [5, 5.41) is 16.3. The molecular formula is C20H26ClFN6O. The molecule has 9 heteroatoms. The van der Waals surface area contributed by atoms with E-state index in [4.69, 9.17) is 16.3 Å². The van der Waals surface area contributed by atoms with Gasteiger partial charge < -0.3 is 10.1 Å². The summed E-state index contributed by atoms with van der Waals surface area (Å²) >= 11 is 5.96. The molecule has 7 nitrogen and oxygen atoms in total. The Labute approximate surface area is 175 Å². The summed E-state index contributed by atoms with van der Waals surface area (Å²) in [6.45, 7) is 7.96. The number of aryl methyl sites for hydroxylation is 1. The Morgan fingerprint density at radius 3 is 2.69 bits per heavy atom. The van der Waals surface area contributed by atoms with Gasteiger partial charge in [-0.2, -0.15) is 24.7 Å². The molecule has 0 bridgehead atoms. The van der Waals surface area contributed by atoms with Gasteiger partial charge in [-0.05, 0) is 45.4 Å². The third-order valence-corrected chi connectivity index (χ3v) is 5.61. The number of hydrogen-bond acceptors (Lipinski definition) is 6. The number of anilines is 2. The van der Waals surface area contributed by atoms with Crippen molar-refractivity contribution in [3.05, 3.63) is 22.9 Å². The lowest BCUT2D eigenvalue weighted by Gasteiger charge is -2.25. The molecule has 0 saturated heterocycles. The normalized spacial score (nSPS) is 19.6. The highest BCUT2D eigenvalue weighted by molar-refractivity contribution is 6.29. The fourth-order valence-corrected chi connectivity index (χ4v) is 3.45. The van der Waals surface area contributed by atoms with E-state index in [0.717, 1.165) is 31.6 Å². The van der Waals surface area contributed by atoms with Crippen molar-refractivity contribution in [3.8, 4) is 11.9 Å². The Morgan fingerprint density at radius 1 is 1.34 bits per heavy atom. The third kappa shape index (κ3) is 4.96. The Kier molecular flexibility index (Phi) is 6.27. The number of halogens is 2.